The molecule has 0 atom stereocenters. The number of H-pyrrole nitrogens is 1. The third-order valence-electron chi connectivity index (χ3n) is 3.33. The first kappa shape index (κ1) is 11.6. The van der Waals surface area contributed by atoms with Crippen molar-refractivity contribution in [3.8, 4) is 0 Å². The van der Waals surface area contributed by atoms with Crippen molar-refractivity contribution in [3.05, 3.63) is 84.4 Å². The van der Waals surface area contributed by atoms with Crippen molar-refractivity contribution in [3.63, 3.8) is 0 Å². The van der Waals surface area contributed by atoms with Gasteiger partial charge in [0, 0.05) is 35.9 Å². The molecule has 2 heteroatoms. The van der Waals surface area contributed by atoms with E-state index in [4.69, 9.17) is 0 Å². The summed E-state index contributed by atoms with van der Waals surface area (Å²) in [6, 6.07) is 8.37. The van der Waals surface area contributed by atoms with Crippen molar-refractivity contribution >= 4 is 10.9 Å². The third kappa shape index (κ3) is 2.38. The molecule has 0 spiro atoms. The molecule has 2 aromatic rings. The van der Waals surface area contributed by atoms with Crippen LogP contribution in [0.1, 0.15) is 5.56 Å². The molecule has 0 fully saturated rings. The maximum Gasteiger partial charge on any atom is 0.0456 e. The van der Waals surface area contributed by atoms with E-state index in [0.717, 1.165) is 12.0 Å². The lowest BCUT2D eigenvalue weighted by Crippen LogP contribution is -2.01. The minimum absolute atomic E-state index is 0.869. The van der Waals surface area contributed by atoms with E-state index in [9.17, 15) is 0 Å². The largest absolute Gasteiger partial charge is 0.367 e. The molecule has 0 aliphatic carbocycles. The highest BCUT2D eigenvalue weighted by Crippen LogP contribution is 2.23. The number of aromatic nitrogens is 1. The number of allylic oxidation sites excluding steroid dienone is 5. The van der Waals surface area contributed by atoms with Crippen LogP contribution in [0.15, 0.2) is 78.8 Å². The van der Waals surface area contributed by atoms with Gasteiger partial charge in [-0.2, -0.15) is 0 Å². The number of para-hydroxylation sites is 1. The van der Waals surface area contributed by atoms with Crippen LogP contribution in [0.5, 0.6) is 0 Å². The lowest BCUT2D eigenvalue weighted by Gasteiger charge is -2.09. The molecule has 0 radical (unpaired) electrons. The molecular formula is C17H16N2. The Balaban J connectivity index is 1.94. The molecule has 1 aromatic carbocycles. The van der Waals surface area contributed by atoms with Gasteiger partial charge in [-0.15, -0.1) is 0 Å². The van der Waals surface area contributed by atoms with Gasteiger partial charge in [0.15, 0.2) is 0 Å². The molecule has 2 heterocycles. The van der Waals surface area contributed by atoms with Gasteiger partial charge >= 0.3 is 0 Å². The van der Waals surface area contributed by atoms with Crippen LogP contribution >= 0.6 is 0 Å². The Morgan fingerprint density at radius 1 is 1.11 bits per heavy atom. The van der Waals surface area contributed by atoms with E-state index >= 15 is 0 Å². The molecule has 1 aliphatic heterocycles. The fraction of sp³-hybridized carbons (Fsp3) is 0.0588. The van der Waals surface area contributed by atoms with Crippen molar-refractivity contribution < 1.29 is 0 Å². The third-order valence-corrected chi connectivity index (χ3v) is 3.33. The Kier molecular flexibility index (Phi) is 3.07. The molecule has 94 valence electrons. The Labute approximate surface area is 112 Å². The molecule has 1 aliphatic rings. The number of rotatable bonds is 2. The quantitative estimate of drug-likeness (QED) is 0.830. The first-order valence-electron chi connectivity index (χ1n) is 6.37. The van der Waals surface area contributed by atoms with Crippen molar-refractivity contribution in [2.75, 3.05) is 0 Å². The zero-order chi connectivity index (χ0) is 13.1. The molecule has 1 aromatic heterocycles. The minimum atomic E-state index is 0.869. The highest BCUT2D eigenvalue weighted by atomic mass is 14.8. The maximum atomic E-state index is 4.12. The normalized spacial score (nSPS) is 16.6. The van der Waals surface area contributed by atoms with Gasteiger partial charge in [-0.05, 0) is 28.9 Å². The monoisotopic (exact) mass is 248 g/mol. The lowest BCUT2D eigenvalue weighted by atomic mass is 9.99. The van der Waals surface area contributed by atoms with E-state index in [2.05, 4.69) is 41.3 Å². The van der Waals surface area contributed by atoms with Gasteiger partial charge in [-0.3, -0.25) is 0 Å². The fourth-order valence-corrected chi connectivity index (χ4v) is 2.28. The smallest absolute Gasteiger partial charge is 0.0456 e. The number of aromatic amines is 1. The van der Waals surface area contributed by atoms with E-state index < -0.39 is 0 Å². The molecule has 2 nitrogen and oxygen atoms in total. The first-order valence-corrected chi connectivity index (χ1v) is 6.37. The molecule has 0 saturated heterocycles. The van der Waals surface area contributed by atoms with Gasteiger partial charge in [-0.1, -0.05) is 36.9 Å². The predicted octanol–water partition coefficient (Wildman–Crippen LogP) is 3.82. The van der Waals surface area contributed by atoms with E-state index in [1.807, 2.05) is 36.7 Å². The van der Waals surface area contributed by atoms with Crippen LogP contribution in [0.25, 0.3) is 10.9 Å². The second-order valence-corrected chi connectivity index (χ2v) is 4.62. The molecular weight excluding hydrogens is 232 g/mol. The summed E-state index contributed by atoms with van der Waals surface area (Å²) in [4.78, 5) is 3.31. The summed E-state index contributed by atoms with van der Waals surface area (Å²) in [5, 5.41) is 4.44. The zero-order valence-electron chi connectivity index (χ0n) is 10.7. The summed E-state index contributed by atoms with van der Waals surface area (Å²) in [5.74, 6) is 0. The summed E-state index contributed by atoms with van der Waals surface area (Å²) in [6.07, 6.45) is 12.9. The summed E-state index contributed by atoms with van der Waals surface area (Å²) in [6.45, 7) is 4.12. The van der Waals surface area contributed by atoms with Gasteiger partial charge in [0.1, 0.15) is 0 Å². The standard InChI is InChI=1S/C17H16N2/c1-13-6-4-5-9-18-11-14(13)10-15-12-19-17-8-3-2-7-16(15)17/h2-9,11-12,18-19H,1,10H2/b6-4-,9-5?,14-11?. The fourth-order valence-electron chi connectivity index (χ4n) is 2.28. The SMILES string of the molecule is C=C1/C=C\C=CNC=C1Cc1c[nH]c2ccccc12. The Morgan fingerprint density at radius 2 is 2.00 bits per heavy atom. The first-order chi connectivity index (χ1) is 9.34. The van der Waals surface area contributed by atoms with Gasteiger partial charge in [0.25, 0.3) is 0 Å². The average Bonchev–Trinajstić information content (AvgIpc) is 2.82. The number of benzene rings is 1. The maximum absolute atomic E-state index is 4.12. The average molecular weight is 248 g/mol. The van der Waals surface area contributed by atoms with E-state index in [-0.39, 0.29) is 0 Å². The molecule has 2 N–H and O–H groups in total. The Bertz CT molecular complexity index is 699. The Hall–Kier alpha value is -2.48. The van der Waals surface area contributed by atoms with E-state index in [0.29, 0.717) is 0 Å². The summed E-state index contributed by atoms with van der Waals surface area (Å²) in [5.41, 5.74) is 4.72. The Morgan fingerprint density at radius 3 is 2.95 bits per heavy atom. The van der Waals surface area contributed by atoms with E-state index in [1.54, 1.807) is 0 Å². The van der Waals surface area contributed by atoms with Crippen LogP contribution in [0.2, 0.25) is 0 Å². The van der Waals surface area contributed by atoms with Crippen LogP contribution < -0.4 is 5.32 Å². The zero-order valence-corrected chi connectivity index (χ0v) is 10.7. The van der Waals surface area contributed by atoms with Crippen LogP contribution in [-0.2, 0) is 6.42 Å². The van der Waals surface area contributed by atoms with Crippen LogP contribution in [0.3, 0.4) is 0 Å². The molecule has 19 heavy (non-hydrogen) atoms. The minimum Gasteiger partial charge on any atom is -0.367 e. The second kappa shape index (κ2) is 5.02. The molecule has 0 unspecified atom stereocenters. The van der Waals surface area contributed by atoms with Crippen molar-refractivity contribution in [1.29, 1.82) is 0 Å². The number of hydrogen-bond acceptors (Lipinski definition) is 1. The van der Waals surface area contributed by atoms with Crippen molar-refractivity contribution in [2.45, 2.75) is 6.42 Å². The van der Waals surface area contributed by atoms with Gasteiger partial charge in [0.2, 0.25) is 0 Å². The summed E-state index contributed by atoms with van der Waals surface area (Å²) in [7, 11) is 0. The molecule has 0 saturated carbocycles. The molecule has 3 rings (SSSR count). The number of hydrogen-bond donors (Lipinski definition) is 2. The molecule has 0 amide bonds. The molecule has 0 bridgehead atoms. The highest BCUT2D eigenvalue weighted by molar-refractivity contribution is 5.83. The predicted molar refractivity (Wildman–Crippen MR) is 80.6 cm³/mol. The number of fused-ring (bicyclic) bond motifs is 1. The summed E-state index contributed by atoms with van der Waals surface area (Å²) >= 11 is 0. The second-order valence-electron chi connectivity index (χ2n) is 4.62. The van der Waals surface area contributed by atoms with Crippen molar-refractivity contribution in [1.82, 2.24) is 10.3 Å². The van der Waals surface area contributed by atoms with Crippen LogP contribution in [0, 0.1) is 0 Å². The highest BCUT2D eigenvalue weighted by Gasteiger charge is 2.07. The lowest BCUT2D eigenvalue weighted by molar-refractivity contribution is 1.09. The topological polar surface area (TPSA) is 27.8 Å². The van der Waals surface area contributed by atoms with Crippen LogP contribution in [0.4, 0.5) is 0 Å². The summed E-state index contributed by atoms with van der Waals surface area (Å²) < 4.78 is 0. The van der Waals surface area contributed by atoms with E-state index in [1.165, 1.54) is 22.0 Å². The van der Waals surface area contributed by atoms with Crippen LogP contribution in [-0.4, -0.2) is 4.98 Å². The van der Waals surface area contributed by atoms with Gasteiger partial charge in [0.05, 0.1) is 0 Å². The van der Waals surface area contributed by atoms with Crippen molar-refractivity contribution in [2.24, 2.45) is 0 Å². The van der Waals surface area contributed by atoms with Gasteiger partial charge < -0.3 is 10.3 Å². The van der Waals surface area contributed by atoms with Gasteiger partial charge in [-0.25, -0.2) is 0 Å². The number of nitrogens with one attached hydrogen (secondary N) is 2.